The molecule has 0 rings (SSSR count). The number of carbonyl (C=O) groups excluding carboxylic acids is 2. The molecule has 0 bridgehead atoms. The molecule has 0 aliphatic carbocycles. The Morgan fingerprint density at radius 1 is 1.38 bits per heavy atom. The lowest BCUT2D eigenvalue weighted by atomic mass is 10.6. The van der Waals surface area contributed by atoms with Crippen LogP contribution < -0.4 is 0 Å². The predicted octanol–water partition coefficient (Wildman–Crippen LogP) is -1.36. The van der Waals surface area contributed by atoms with Crippen molar-refractivity contribution in [1.29, 1.82) is 0 Å². The van der Waals surface area contributed by atoms with Crippen LogP contribution in [0, 0.1) is 0 Å². The molecule has 0 aromatic heterocycles. The molecule has 0 aliphatic heterocycles. The van der Waals surface area contributed by atoms with E-state index in [-0.39, 0.29) is 0 Å². The molecule has 0 aliphatic rings. The van der Waals surface area contributed by atoms with Crippen LogP contribution in [0.4, 0.5) is 0 Å². The lowest BCUT2D eigenvalue weighted by Crippen LogP contribution is -2.23. The van der Waals surface area contributed by atoms with Gasteiger partial charge in [0.1, 0.15) is 0 Å². The molecule has 0 saturated carbocycles. The van der Waals surface area contributed by atoms with E-state index in [0.717, 1.165) is 7.11 Å². The van der Waals surface area contributed by atoms with Gasteiger partial charge in [-0.15, -0.1) is 0 Å². The molecule has 0 radical (unpaired) electrons. The molecule has 0 aromatic rings. The van der Waals surface area contributed by atoms with E-state index < -0.39 is 30.8 Å². The molecule has 8 heteroatoms. The van der Waals surface area contributed by atoms with Crippen molar-refractivity contribution in [3.05, 3.63) is 12.3 Å². The van der Waals surface area contributed by atoms with Gasteiger partial charge < -0.3 is 24.4 Å². The Hall–Kier alpha value is -2.09. The fourth-order valence-electron chi connectivity index (χ4n) is 0.507. The average Bonchev–Trinajstić information content (AvgIpc) is 2.24. The van der Waals surface area contributed by atoms with Gasteiger partial charge in [0.2, 0.25) is 0 Å². The fourth-order valence-corrected chi connectivity index (χ4v) is 0.507. The van der Waals surface area contributed by atoms with Gasteiger partial charge >= 0.3 is 17.9 Å². The zero-order valence-electron chi connectivity index (χ0n) is 8.28. The van der Waals surface area contributed by atoms with E-state index in [1.165, 1.54) is 0 Å². The summed E-state index contributed by atoms with van der Waals surface area (Å²) in [6.45, 7) is -0.789. The second kappa shape index (κ2) is 7.23. The summed E-state index contributed by atoms with van der Waals surface area (Å²) in [7, 11) is 1.04. The van der Waals surface area contributed by atoms with E-state index >= 15 is 0 Å². The highest BCUT2D eigenvalue weighted by atomic mass is 16.6. The minimum atomic E-state index is -1.85. The molecule has 1 unspecified atom stereocenters. The van der Waals surface area contributed by atoms with Crippen molar-refractivity contribution in [3.8, 4) is 0 Å². The SMILES string of the molecule is COC(=O)C(O)O/C=C/C(=O)OCC(=O)O. The third kappa shape index (κ3) is 6.38. The number of ether oxygens (including phenoxy) is 3. The molecular weight excluding hydrogens is 224 g/mol. The van der Waals surface area contributed by atoms with Gasteiger partial charge in [0, 0.05) is 0 Å². The zero-order chi connectivity index (χ0) is 12.6. The van der Waals surface area contributed by atoms with Crippen molar-refractivity contribution in [1.82, 2.24) is 0 Å². The molecule has 0 amide bonds. The average molecular weight is 234 g/mol. The molecule has 1 atom stereocenters. The van der Waals surface area contributed by atoms with Crippen molar-refractivity contribution >= 4 is 17.9 Å². The number of carboxylic acid groups (broad SMARTS) is 1. The van der Waals surface area contributed by atoms with Gasteiger partial charge in [-0.3, -0.25) is 0 Å². The van der Waals surface area contributed by atoms with Gasteiger partial charge in [-0.2, -0.15) is 0 Å². The number of carboxylic acids is 1. The Kier molecular flexibility index (Phi) is 6.29. The zero-order valence-corrected chi connectivity index (χ0v) is 8.28. The van der Waals surface area contributed by atoms with E-state index in [1.54, 1.807) is 0 Å². The number of hydrogen-bond donors (Lipinski definition) is 2. The molecule has 2 N–H and O–H groups in total. The Labute approximate surface area is 90.0 Å². The van der Waals surface area contributed by atoms with Crippen molar-refractivity contribution in [2.24, 2.45) is 0 Å². The van der Waals surface area contributed by atoms with Crippen LogP contribution in [0.3, 0.4) is 0 Å². The summed E-state index contributed by atoms with van der Waals surface area (Å²) >= 11 is 0. The maximum absolute atomic E-state index is 10.7. The second-order valence-corrected chi connectivity index (χ2v) is 2.32. The van der Waals surface area contributed by atoms with E-state index in [2.05, 4.69) is 14.2 Å². The first-order valence-electron chi connectivity index (χ1n) is 3.93. The van der Waals surface area contributed by atoms with Gasteiger partial charge in [-0.25, -0.2) is 14.4 Å². The van der Waals surface area contributed by atoms with E-state index in [0.29, 0.717) is 12.3 Å². The number of carbonyl (C=O) groups is 3. The highest BCUT2D eigenvalue weighted by Gasteiger charge is 2.14. The largest absolute Gasteiger partial charge is 0.479 e. The molecule has 0 aromatic carbocycles. The summed E-state index contributed by atoms with van der Waals surface area (Å²) in [5.74, 6) is -3.33. The summed E-state index contributed by atoms with van der Waals surface area (Å²) in [6, 6.07) is 0. The van der Waals surface area contributed by atoms with Crippen LogP contribution in [0.15, 0.2) is 12.3 Å². The third-order valence-corrected chi connectivity index (χ3v) is 1.15. The van der Waals surface area contributed by atoms with E-state index in [4.69, 9.17) is 10.2 Å². The van der Waals surface area contributed by atoms with Gasteiger partial charge in [0.05, 0.1) is 19.4 Å². The summed E-state index contributed by atoms with van der Waals surface area (Å²) in [5, 5.41) is 17.0. The number of methoxy groups -OCH3 is 1. The number of esters is 2. The molecule has 0 fully saturated rings. The summed E-state index contributed by atoms with van der Waals surface area (Å²) in [6.07, 6.45) is -0.463. The number of aliphatic hydroxyl groups is 1. The van der Waals surface area contributed by atoms with E-state index in [9.17, 15) is 14.4 Å². The normalized spacial score (nSPS) is 11.9. The molecule has 8 nitrogen and oxygen atoms in total. The first kappa shape index (κ1) is 13.9. The molecule has 0 heterocycles. The number of hydrogen-bond acceptors (Lipinski definition) is 7. The number of rotatable bonds is 6. The lowest BCUT2D eigenvalue weighted by molar-refractivity contribution is -0.171. The van der Waals surface area contributed by atoms with Crippen LogP contribution in [0.1, 0.15) is 0 Å². The third-order valence-electron chi connectivity index (χ3n) is 1.15. The van der Waals surface area contributed by atoms with Gasteiger partial charge in [-0.1, -0.05) is 0 Å². The van der Waals surface area contributed by atoms with Gasteiger partial charge in [0.25, 0.3) is 6.29 Å². The van der Waals surface area contributed by atoms with Crippen molar-refractivity contribution in [3.63, 3.8) is 0 Å². The molecule has 0 spiro atoms. The Bertz CT molecular complexity index is 294. The quantitative estimate of drug-likeness (QED) is 0.250. The maximum atomic E-state index is 10.7. The molecule has 0 saturated heterocycles. The van der Waals surface area contributed by atoms with Gasteiger partial charge in [0.15, 0.2) is 6.61 Å². The minimum Gasteiger partial charge on any atom is -0.479 e. The fraction of sp³-hybridized carbons (Fsp3) is 0.375. The first-order chi connectivity index (χ1) is 7.47. The number of aliphatic hydroxyl groups excluding tert-OH is 1. The monoisotopic (exact) mass is 234 g/mol. The Morgan fingerprint density at radius 2 is 2.00 bits per heavy atom. The smallest absolute Gasteiger partial charge is 0.375 e. The van der Waals surface area contributed by atoms with Crippen molar-refractivity contribution < 1.29 is 38.8 Å². The maximum Gasteiger partial charge on any atom is 0.375 e. The minimum absolute atomic E-state index is 0.686. The lowest BCUT2D eigenvalue weighted by Gasteiger charge is -2.06. The molecule has 90 valence electrons. The van der Waals surface area contributed by atoms with Crippen LogP contribution >= 0.6 is 0 Å². The van der Waals surface area contributed by atoms with E-state index in [1.807, 2.05) is 0 Å². The first-order valence-corrected chi connectivity index (χ1v) is 3.93. The summed E-state index contributed by atoms with van der Waals surface area (Å²) < 4.78 is 12.6. The van der Waals surface area contributed by atoms with Crippen molar-refractivity contribution in [2.45, 2.75) is 6.29 Å². The Morgan fingerprint density at radius 3 is 2.50 bits per heavy atom. The van der Waals surface area contributed by atoms with Crippen LogP contribution in [0.5, 0.6) is 0 Å². The van der Waals surface area contributed by atoms with Crippen LogP contribution in [0.2, 0.25) is 0 Å². The molecular formula is C8H10O8. The highest BCUT2D eigenvalue weighted by Crippen LogP contribution is 1.92. The predicted molar refractivity (Wildman–Crippen MR) is 46.8 cm³/mol. The van der Waals surface area contributed by atoms with Crippen molar-refractivity contribution in [2.75, 3.05) is 13.7 Å². The molecule has 16 heavy (non-hydrogen) atoms. The topological polar surface area (TPSA) is 119 Å². The van der Waals surface area contributed by atoms with Crippen LogP contribution in [-0.2, 0) is 28.6 Å². The van der Waals surface area contributed by atoms with Gasteiger partial charge in [-0.05, 0) is 0 Å². The standard InChI is InChI=1S/C8H10O8/c1-14-7(12)8(13)15-3-2-6(11)16-4-5(9)10/h2-3,8,13H,4H2,1H3,(H,9,10)/b3-2+. The second-order valence-electron chi connectivity index (χ2n) is 2.32. The number of aliphatic carboxylic acids is 1. The van der Waals surface area contributed by atoms with Crippen LogP contribution in [0.25, 0.3) is 0 Å². The summed E-state index contributed by atoms with van der Waals surface area (Å²) in [5.41, 5.74) is 0. The highest BCUT2D eigenvalue weighted by molar-refractivity contribution is 5.83. The Balaban J connectivity index is 3.87. The van der Waals surface area contributed by atoms with Crippen LogP contribution in [-0.4, -0.2) is 48.1 Å². The summed E-state index contributed by atoms with van der Waals surface area (Å²) in [4.78, 5) is 31.3.